The van der Waals surface area contributed by atoms with E-state index in [2.05, 4.69) is 9.72 Å². The third-order valence-corrected chi connectivity index (χ3v) is 1.80. The Morgan fingerprint density at radius 1 is 1.47 bits per heavy atom. The Kier molecular flexibility index (Phi) is 3.85. The fourth-order valence-corrected chi connectivity index (χ4v) is 1.11. The second-order valence-corrected chi connectivity index (χ2v) is 2.96. The summed E-state index contributed by atoms with van der Waals surface area (Å²) in [5.41, 5.74) is 4.49. The molecule has 92 valence electrons. The van der Waals surface area contributed by atoms with Gasteiger partial charge < -0.3 is 10.5 Å². The summed E-state index contributed by atoms with van der Waals surface area (Å²) in [6.45, 7) is -0.320. The standard InChI is InChI=1S/C9H7F4N3O/c10-7-5(3-15)4-16-6(1-2-14)8(7)17-9(11,12)13/h4H,1,3,15H2. The molecule has 17 heavy (non-hydrogen) atoms. The van der Waals surface area contributed by atoms with Crippen molar-refractivity contribution in [2.45, 2.75) is 19.3 Å². The normalized spacial score (nSPS) is 11.1. The zero-order valence-corrected chi connectivity index (χ0v) is 8.38. The Morgan fingerprint density at radius 2 is 2.12 bits per heavy atom. The van der Waals surface area contributed by atoms with Gasteiger partial charge in [-0.15, -0.1) is 13.2 Å². The molecule has 1 heterocycles. The fourth-order valence-electron chi connectivity index (χ4n) is 1.11. The van der Waals surface area contributed by atoms with Gasteiger partial charge in [0.25, 0.3) is 0 Å². The van der Waals surface area contributed by atoms with Gasteiger partial charge in [-0.1, -0.05) is 0 Å². The highest BCUT2D eigenvalue weighted by Crippen LogP contribution is 2.30. The van der Waals surface area contributed by atoms with Crippen LogP contribution in [0.15, 0.2) is 6.20 Å². The Labute approximate surface area is 93.6 Å². The van der Waals surface area contributed by atoms with Crippen LogP contribution in [0.2, 0.25) is 0 Å². The molecular formula is C9H7F4N3O. The van der Waals surface area contributed by atoms with Gasteiger partial charge in [-0.05, 0) is 0 Å². The summed E-state index contributed by atoms with van der Waals surface area (Å²) in [7, 11) is 0. The number of nitrogens with two attached hydrogens (primary N) is 1. The summed E-state index contributed by atoms with van der Waals surface area (Å²) in [5.74, 6) is -2.34. The molecule has 0 aliphatic heterocycles. The molecule has 0 saturated carbocycles. The average Bonchev–Trinajstić information content (AvgIpc) is 2.22. The van der Waals surface area contributed by atoms with Crippen LogP contribution in [0, 0.1) is 17.1 Å². The molecule has 0 spiro atoms. The van der Waals surface area contributed by atoms with Gasteiger partial charge in [-0.2, -0.15) is 5.26 Å². The highest BCUT2D eigenvalue weighted by molar-refractivity contribution is 5.35. The molecule has 0 amide bonds. The van der Waals surface area contributed by atoms with E-state index in [9.17, 15) is 17.6 Å². The number of pyridine rings is 1. The van der Waals surface area contributed by atoms with Crippen LogP contribution in [0.4, 0.5) is 17.6 Å². The van der Waals surface area contributed by atoms with Gasteiger partial charge >= 0.3 is 6.36 Å². The summed E-state index contributed by atoms with van der Waals surface area (Å²) < 4.78 is 53.2. The van der Waals surface area contributed by atoms with Crippen molar-refractivity contribution in [1.82, 2.24) is 4.98 Å². The average molecular weight is 249 g/mol. The molecule has 2 N–H and O–H groups in total. The van der Waals surface area contributed by atoms with E-state index in [1.165, 1.54) is 0 Å². The molecule has 4 nitrogen and oxygen atoms in total. The number of ether oxygens (including phenoxy) is 1. The molecule has 0 atom stereocenters. The van der Waals surface area contributed by atoms with Crippen molar-refractivity contribution in [2.75, 3.05) is 0 Å². The number of nitrogens with zero attached hydrogens (tertiary/aromatic N) is 2. The topological polar surface area (TPSA) is 71.9 Å². The molecule has 0 radical (unpaired) electrons. The van der Waals surface area contributed by atoms with Gasteiger partial charge in [0.2, 0.25) is 0 Å². The Morgan fingerprint density at radius 3 is 2.59 bits per heavy atom. The van der Waals surface area contributed by atoms with Crippen LogP contribution in [0.5, 0.6) is 5.75 Å². The lowest BCUT2D eigenvalue weighted by molar-refractivity contribution is -0.276. The number of halogens is 4. The number of hydrogen-bond donors (Lipinski definition) is 1. The van der Waals surface area contributed by atoms with Crippen LogP contribution in [0.25, 0.3) is 0 Å². The Balaban J connectivity index is 3.25. The van der Waals surface area contributed by atoms with Crippen LogP contribution >= 0.6 is 0 Å². The first kappa shape index (κ1) is 13.2. The van der Waals surface area contributed by atoms with E-state index in [-0.39, 0.29) is 12.1 Å². The smallest absolute Gasteiger partial charge is 0.401 e. The van der Waals surface area contributed by atoms with Gasteiger partial charge in [0.1, 0.15) is 0 Å². The number of nitriles is 1. The van der Waals surface area contributed by atoms with Crippen molar-refractivity contribution >= 4 is 0 Å². The Bertz CT molecular complexity index is 453. The second-order valence-electron chi connectivity index (χ2n) is 2.96. The molecule has 0 unspecified atom stereocenters. The molecule has 0 fully saturated rings. The highest BCUT2D eigenvalue weighted by Gasteiger charge is 2.34. The molecule has 0 aliphatic carbocycles. The first-order valence-corrected chi connectivity index (χ1v) is 4.38. The summed E-state index contributed by atoms with van der Waals surface area (Å²) in [4.78, 5) is 3.52. The predicted molar refractivity (Wildman–Crippen MR) is 48.1 cm³/mol. The minimum absolute atomic E-state index is 0.217. The van der Waals surface area contributed by atoms with Crippen LogP contribution in [-0.2, 0) is 13.0 Å². The Hall–Kier alpha value is -1.88. The largest absolute Gasteiger partial charge is 0.573 e. The van der Waals surface area contributed by atoms with E-state index >= 15 is 0 Å². The summed E-state index contributed by atoms with van der Waals surface area (Å²) in [6, 6.07) is 1.57. The summed E-state index contributed by atoms with van der Waals surface area (Å²) in [5, 5.41) is 8.39. The molecule has 0 bridgehead atoms. The predicted octanol–water partition coefficient (Wildman–Crippen LogP) is 1.64. The number of alkyl halides is 3. The number of rotatable bonds is 3. The SMILES string of the molecule is N#CCc1ncc(CN)c(F)c1OC(F)(F)F. The van der Waals surface area contributed by atoms with Crippen molar-refractivity contribution < 1.29 is 22.3 Å². The van der Waals surface area contributed by atoms with Gasteiger partial charge in [0.15, 0.2) is 11.6 Å². The molecule has 1 rings (SSSR count). The van der Waals surface area contributed by atoms with Crippen molar-refractivity contribution in [3.05, 3.63) is 23.3 Å². The lowest BCUT2D eigenvalue weighted by atomic mass is 10.2. The van der Waals surface area contributed by atoms with E-state index in [4.69, 9.17) is 11.0 Å². The summed E-state index contributed by atoms with van der Waals surface area (Å²) >= 11 is 0. The maximum Gasteiger partial charge on any atom is 0.573 e. The molecule has 1 aromatic heterocycles. The monoisotopic (exact) mass is 249 g/mol. The van der Waals surface area contributed by atoms with Gasteiger partial charge in [-0.25, -0.2) is 4.39 Å². The minimum atomic E-state index is -5.06. The van der Waals surface area contributed by atoms with E-state index in [1.807, 2.05) is 0 Å². The van der Waals surface area contributed by atoms with E-state index in [1.54, 1.807) is 6.07 Å². The fraction of sp³-hybridized carbons (Fsp3) is 0.333. The van der Waals surface area contributed by atoms with E-state index in [0.29, 0.717) is 0 Å². The lowest BCUT2D eigenvalue weighted by Gasteiger charge is -2.13. The van der Waals surface area contributed by atoms with Crippen molar-refractivity contribution in [1.29, 1.82) is 5.26 Å². The maximum atomic E-state index is 13.5. The van der Waals surface area contributed by atoms with Gasteiger partial charge in [0.05, 0.1) is 18.2 Å². The molecular weight excluding hydrogens is 242 g/mol. The van der Waals surface area contributed by atoms with Crippen LogP contribution in [0.1, 0.15) is 11.3 Å². The van der Waals surface area contributed by atoms with Crippen LogP contribution in [-0.4, -0.2) is 11.3 Å². The summed E-state index contributed by atoms with van der Waals surface area (Å²) in [6.07, 6.45) is -4.57. The molecule has 8 heteroatoms. The van der Waals surface area contributed by atoms with Gasteiger partial charge in [0, 0.05) is 18.3 Å². The molecule has 1 aromatic rings. The third kappa shape index (κ3) is 3.29. The first-order valence-electron chi connectivity index (χ1n) is 4.38. The first-order chi connectivity index (χ1) is 7.89. The minimum Gasteiger partial charge on any atom is -0.401 e. The zero-order valence-electron chi connectivity index (χ0n) is 8.38. The van der Waals surface area contributed by atoms with E-state index in [0.717, 1.165) is 6.20 Å². The van der Waals surface area contributed by atoms with Crippen molar-refractivity contribution in [2.24, 2.45) is 5.73 Å². The van der Waals surface area contributed by atoms with E-state index < -0.39 is 30.0 Å². The molecule has 0 aliphatic rings. The van der Waals surface area contributed by atoms with Gasteiger partial charge in [-0.3, -0.25) is 4.98 Å². The second kappa shape index (κ2) is 4.97. The lowest BCUT2D eigenvalue weighted by Crippen LogP contribution is -2.20. The highest BCUT2D eigenvalue weighted by atomic mass is 19.4. The number of hydrogen-bond acceptors (Lipinski definition) is 4. The molecule has 0 saturated heterocycles. The van der Waals surface area contributed by atoms with Crippen molar-refractivity contribution in [3.8, 4) is 11.8 Å². The third-order valence-electron chi connectivity index (χ3n) is 1.80. The van der Waals surface area contributed by atoms with Crippen LogP contribution < -0.4 is 10.5 Å². The van der Waals surface area contributed by atoms with Crippen molar-refractivity contribution in [3.63, 3.8) is 0 Å². The number of aromatic nitrogens is 1. The maximum absolute atomic E-state index is 13.5. The zero-order chi connectivity index (χ0) is 13.1. The quantitative estimate of drug-likeness (QED) is 0.826. The molecule has 0 aromatic carbocycles. The van der Waals surface area contributed by atoms with Crippen LogP contribution in [0.3, 0.4) is 0 Å².